The van der Waals surface area contributed by atoms with E-state index in [0.717, 1.165) is 17.7 Å². The first-order valence-corrected chi connectivity index (χ1v) is 12.4. The summed E-state index contributed by atoms with van der Waals surface area (Å²) in [6.45, 7) is 0.366. The zero-order valence-electron chi connectivity index (χ0n) is 20.7. The summed E-state index contributed by atoms with van der Waals surface area (Å²) in [5, 5.41) is 20.8. The maximum absolute atomic E-state index is 13.5. The number of ether oxygens (including phenoxy) is 1. The third-order valence-electron chi connectivity index (χ3n) is 7.89. The molecule has 3 aromatic rings. The maximum Gasteiger partial charge on any atom is 0.416 e. The van der Waals surface area contributed by atoms with Gasteiger partial charge in [0.1, 0.15) is 12.7 Å². The number of benzene rings is 2. The van der Waals surface area contributed by atoms with Gasteiger partial charge in [-0.25, -0.2) is 0 Å². The van der Waals surface area contributed by atoms with Gasteiger partial charge in [0.15, 0.2) is 0 Å². The number of aromatic nitrogens is 3. The summed E-state index contributed by atoms with van der Waals surface area (Å²) < 4.78 is 89.1. The first kappa shape index (κ1) is 27.1. The molecular weight excluding hydrogens is 524 g/mol. The molecule has 0 bridgehead atoms. The molecule has 2 atom stereocenters. The quantitative estimate of drug-likeness (QED) is 0.371. The van der Waals surface area contributed by atoms with E-state index < -0.39 is 40.2 Å². The fraction of sp³-hybridized carbons (Fsp3) is 0.444. The van der Waals surface area contributed by atoms with Crippen LogP contribution in [0.15, 0.2) is 61.2 Å². The molecule has 1 N–H and O–H groups in total. The van der Waals surface area contributed by atoms with Crippen LogP contribution in [0.3, 0.4) is 0 Å². The zero-order valence-corrected chi connectivity index (χ0v) is 20.7. The van der Waals surface area contributed by atoms with E-state index >= 15 is 0 Å². The van der Waals surface area contributed by atoms with Crippen molar-refractivity contribution in [1.82, 2.24) is 20.1 Å². The Balaban J connectivity index is 1.45. The van der Waals surface area contributed by atoms with Crippen LogP contribution in [0.25, 0.3) is 0 Å². The summed E-state index contributed by atoms with van der Waals surface area (Å²) in [6, 6.07) is 13.2. The van der Waals surface area contributed by atoms with E-state index in [4.69, 9.17) is 4.74 Å². The Hall–Kier alpha value is -3.43. The van der Waals surface area contributed by atoms with E-state index in [-0.39, 0.29) is 24.7 Å². The van der Waals surface area contributed by atoms with Crippen molar-refractivity contribution in [1.29, 1.82) is 5.26 Å². The predicted molar refractivity (Wildman–Crippen MR) is 127 cm³/mol. The number of nitrogens with one attached hydrogen (secondary N) is 1. The molecule has 1 saturated carbocycles. The lowest BCUT2D eigenvalue weighted by atomic mass is 9.75. The second-order valence-corrected chi connectivity index (χ2v) is 10.3. The van der Waals surface area contributed by atoms with Crippen LogP contribution in [0.2, 0.25) is 0 Å². The Labute approximate surface area is 220 Å². The minimum Gasteiger partial charge on any atom is -0.368 e. The topological polar surface area (TPSA) is 75.8 Å². The number of rotatable bonds is 7. The highest BCUT2D eigenvalue weighted by Gasteiger charge is 2.51. The molecule has 2 aliphatic rings. The van der Waals surface area contributed by atoms with Crippen molar-refractivity contribution in [2.75, 3.05) is 13.2 Å². The second kappa shape index (κ2) is 9.64. The molecular formula is C27H25F6N5O. The first-order valence-electron chi connectivity index (χ1n) is 12.4. The SMILES string of the molecule is N#CC[C@]1(n2cnnc2)CC[C@@](COC2(c3cc(C(F)(F)F)cc(C(F)(F)F)c3)CC2)(c2ccccc2)NC1. The Morgan fingerprint density at radius 3 is 1.97 bits per heavy atom. The molecule has 39 heavy (non-hydrogen) atoms. The van der Waals surface area contributed by atoms with Gasteiger partial charge in [-0.1, -0.05) is 30.3 Å². The molecule has 1 aliphatic carbocycles. The summed E-state index contributed by atoms with van der Waals surface area (Å²) >= 11 is 0. The molecule has 2 aromatic carbocycles. The van der Waals surface area contributed by atoms with Crippen molar-refractivity contribution < 1.29 is 31.1 Å². The number of nitrogens with zero attached hydrogens (tertiary/aromatic N) is 4. The van der Waals surface area contributed by atoms with Crippen LogP contribution in [0.1, 0.15) is 54.4 Å². The molecule has 6 nitrogen and oxygen atoms in total. The standard InChI is InChI=1S/C27H25F6N5O/c28-26(29,30)21-12-20(13-22(14-21)27(31,32)33)25(8-9-25)39-16-24(19-4-2-1-3-5-19)7-6-23(10-11-34,15-35-24)38-17-36-37-18-38/h1-5,12-14,17-18,35H,6-10,15-16H2/t23-,24-/m1/s1. The number of hydrogen-bond acceptors (Lipinski definition) is 5. The summed E-state index contributed by atoms with van der Waals surface area (Å²) in [6.07, 6.45) is -4.94. The summed E-state index contributed by atoms with van der Waals surface area (Å²) in [5.74, 6) is 0. The van der Waals surface area contributed by atoms with Gasteiger partial charge in [0.2, 0.25) is 0 Å². The van der Waals surface area contributed by atoms with Crippen LogP contribution in [0, 0.1) is 11.3 Å². The van der Waals surface area contributed by atoms with E-state index in [9.17, 15) is 31.6 Å². The normalized spacial score (nSPS) is 24.7. The summed E-state index contributed by atoms with van der Waals surface area (Å²) in [5.41, 5.74) is -4.62. The summed E-state index contributed by atoms with van der Waals surface area (Å²) in [7, 11) is 0. The minimum absolute atomic E-state index is 0.0133. The molecule has 0 unspecified atom stereocenters. The van der Waals surface area contributed by atoms with E-state index in [2.05, 4.69) is 21.6 Å². The third-order valence-corrected chi connectivity index (χ3v) is 7.89. The van der Waals surface area contributed by atoms with Gasteiger partial charge in [-0.15, -0.1) is 10.2 Å². The smallest absolute Gasteiger partial charge is 0.368 e. The lowest BCUT2D eigenvalue weighted by molar-refractivity contribution is -0.143. The second-order valence-electron chi connectivity index (χ2n) is 10.3. The average molecular weight is 550 g/mol. The Morgan fingerprint density at radius 2 is 1.49 bits per heavy atom. The molecule has 206 valence electrons. The largest absolute Gasteiger partial charge is 0.416 e. The molecule has 1 aromatic heterocycles. The zero-order chi connectivity index (χ0) is 27.9. The first-order chi connectivity index (χ1) is 18.4. The molecule has 12 heteroatoms. The van der Waals surface area contributed by atoms with E-state index in [0.29, 0.717) is 32.2 Å². The van der Waals surface area contributed by atoms with E-state index in [1.54, 1.807) is 17.2 Å². The van der Waals surface area contributed by atoms with Gasteiger partial charge < -0.3 is 14.6 Å². The Kier molecular flexibility index (Phi) is 6.71. The fourth-order valence-corrected chi connectivity index (χ4v) is 5.33. The van der Waals surface area contributed by atoms with Crippen molar-refractivity contribution >= 4 is 0 Å². The van der Waals surface area contributed by atoms with Crippen LogP contribution >= 0.6 is 0 Å². The fourth-order valence-electron chi connectivity index (χ4n) is 5.33. The van der Waals surface area contributed by atoms with Crippen molar-refractivity contribution in [3.8, 4) is 6.07 Å². The highest BCUT2D eigenvalue weighted by atomic mass is 19.4. The van der Waals surface area contributed by atoms with E-state index in [1.807, 2.05) is 30.3 Å². The van der Waals surface area contributed by atoms with Crippen LogP contribution in [-0.2, 0) is 33.8 Å². The van der Waals surface area contributed by atoms with Gasteiger partial charge in [0, 0.05) is 6.54 Å². The molecule has 0 radical (unpaired) electrons. The molecule has 0 spiro atoms. The molecule has 0 amide bonds. The average Bonchev–Trinajstić information content (AvgIpc) is 3.50. The van der Waals surface area contributed by atoms with Crippen LogP contribution in [0.4, 0.5) is 26.3 Å². The highest BCUT2D eigenvalue weighted by Crippen LogP contribution is 2.53. The molecule has 1 saturated heterocycles. The van der Waals surface area contributed by atoms with Crippen LogP contribution in [0.5, 0.6) is 0 Å². The van der Waals surface area contributed by atoms with Crippen molar-refractivity contribution in [3.05, 3.63) is 83.4 Å². The Bertz CT molecular complexity index is 1300. The number of halogens is 6. The third kappa shape index (κ3) is 5.25. The summed E-state index contributed by atoms with van der Waals surface area (Å²) in [4.78, 5) is 0. The van der Waals surface area contributed by atoms with Gasteiger partial charge >= 0.3 is 12.4 Å². The van der Waals surface area contributed by atoms with Crippen LogP contribution in [-0.4, -0.2) is 27.9 Å². The number of piperidine rings is 1. The number of hydrogen-bond donors (Lipinski definition) is 1. The van der Waals surface area contributed by atoms with Crippen molar-refractivity contribution in [2.24, 2.45) is 0 Å². The number of alkyl halides is 6. The Morgan fingerprint density at radius 1 is 0.872 bits per heavy atom. The monoisotopic (exact) mass is 549 g/mol. The maximum atomic E-state index is 13.5. The van der Waals surface area contributed by atoms with Crippen molar-refractivity contribution in [2.45, 2.75) is 61.1 Å². The van der Waals surface area contributed by atoms with Gasteiger partial charge in [0.25, 0.3) is 0 Å². The minimum atomic E-state index is -4.94. The van der Waals surface area contributed by atoms with Gasteiger partial charge in [-0.05, 0) is 55.0 Å². The molecule has 1 aliphatic heterocycles. The molecule has 2 heterocycles. The van der Waals surface area contributed by atoms with Gasteiger partial charge in [0.05, 0.1) is 46.9 Å². The van der Waals surface area contributed by atoms with Gasteiger partial charge in [-0.2, -0.15) is 31.6 Å². The lowest BCUT2D eigenvalue weighted by Gasteiger charge is -2.47. The van der Waals surface area contributed by atoms with Crippen molar-refractivity contribution in [3.63, 3.8) is 0 Å². The molecule has 5 rings (SSSR count). The van der Waals surface area contributed by atoms with Crippen LogP contribution < -0.4 is 5.32 Å². The van der Waals surface area contributed by atoms with E-state index in [1.165, 1.54) is 0 Å². The predicted octanol–water partition coefficient (Wildman–Crippen LogP) is 5.91. The van der Waals surface area contributed by atoms with Gasteiger partial charge in [-0.3, -0.25) is 0 Å². The number of nitriles is 1. The lowest BCUT2D eigenvalue weighted by Crippen LogP contribution is -2.58. The highest BCUT2D eigenvalue weighted by molar-refractivity contribution is 5.39. The molecule has 2 fully saturated rings.